The summed E-state index contributed by atoms with van der Waals surface area (Å²) < 4.78 is 1.61. The van der Waals surface area contributed by atoms with Gasteiger partial charge in [-0.25, -0.2) is 19.9 Å². The van der Waals surface area contributed by atoms with Crippen molar-refractivity contribution in [1.82, 2.24) is 29.7 Å². The van der Waals surface area contributed by atoms with Crippen molar-refractivity contribution in [2.75, 3.05) is 5.73 Å². The first-order valence-electron chi connectivity index (χ1n) is 5.00. The van der Waals surface area contributed by atoms with Crippen molar-refractivity contribution in [1.29, 1.82) is 0 Å². The Labute approximate surface area is 96.4 Å². The number of hydrogen-bond donors (Lipinski definition) is 1. The molecule has 0 amide bonds. The quantitative estimate of drug-likeness (QED) is 0.650. The molecule has 0 aliphatic rings. The summed E-state index contributed by atoms with van der Waals surface area (Å²) >= 11 is 0. The van der Waals surface area contributed by atoms with Crippen LogP contribution in [0, 0.1) is 6.92 Å². The van der Waals surface area contributed by atoms with E-state index in [0.29, 0.717) is 28.5 Å². The summed E-state index contributed by atoms with van der Waals surface area (Å²) in [5.74, 6) is 1.67. The number of nitrogens with zero attached hydrogens (tertiary/aromatic N) is 6. The van der Waals surface area contributed by atoms with E-state index in [1.54, 1.807) is 30.1 Å². The first-order chi connectivity index (χ1) is 8.25. The Morgan fingerprint density at radius 2 is 2.18 bits per heavy atom. The second-order valence-electron chi connectivity index (χ2n) is 3.52. The van der Waals surface area contributed by atoms with Crippen LogP contribution in [-0.2, 0) is 0 Å². The molecule has 0 unspecified atom stereocenters. The minimum absolute atomic E-state index is 0.424. The maximum atomic E-state index is 5.81. The average Bonchev–Trinajstić information content (AvgIpc) is 2.74. The van der Waals surface area contributed by atoms with E-state index in [1.165, 1.54) is 6.33 Å². The summed E-state index contributed by atoms with van der Waals surface area (Å²) in [4.78, 5) is 16.4. The second kappa shape index (κ2) is 3.48. The van der Waals surface area contributed by atoms with Crippen LogP contribution in [0.3, 0.4) is 0 Å². The van der Waals surface area contributed by atoms with E-state index in [1.807, 2.05) is 0 Å². The van der Waals surface area contributed by atoms with E-state index in [4.69, 9.17) is 5.73 Å². The molecule has 0 atom stereocenters. The maximum absolute atomic E-state index is 5.81. The Kier molecular flexibility index (Phi) is 1.97. The number of fused-ring (bicyclic) bond motifs is 1. The van der Waals surface area contributed by atoms with Crippen LogP contribution in [0.5, 0.6) is 0 Å². The van der Waals surface area contributed by atoms with Gasteiger partial charge in [0.25, 0.3) is 0 Å². The lowest BCUT2D eigenvalue weighted by Crippen LogP contribution is -2.03. The number of aromatic nitrogens is 6. The molecule has 0 bridgehead atoms. The number of rotatable bonds is 1. The molecule has 7 heteroatoms. The van der Waals surface area contributed by atoms with E-state index in [-0.39, 0.29) is 0 Å². The van der Waals surface area contributed by atoms with E-state index >= 15 is 0 Å². The molecular formula is C10H9N7. The molecule has 3 rings (SSSR count). The van der Waals surface area contributed by atoms with E-state index < -0.39 is 0 Å². The van der Waals surface area contributed by atoms with Gasteiger partial charge >= 0.3 is 0 Å². The van der Waals surface area contributed by atoms with Crippen molar-refractivity contribution < 1.29 is 0 Å². The Morgan fingerprint density at radius 1 is 1.29 bits per heavy atom. The fraction of sp³-hybridized carbons (Fsp3) is 0.100. The third-order valence-electron chi connectivity index (χ3n) is 2.35. The number of nitrogen functional groups attached to an aromatic ring is 1. The predicted molar refractivity (Wildman–Crippen MR) is 61.4 cm³/mol. The van der Waals surface area contributed by atoms with Crippen molar-refractivity contribution in [3.05, 3.63) is 30.6 Å². The zero-order chi connectivity index (χ0) is 11.8. The van der Waals surface area contributed by atoms with Gasteiger partial charge in [-0.3, -0.25) is 0 Å². The van der Waals surface area contributed by atoms with Gasteiger partial charge in [0.15, 0.2) is 11.5 Å². The predicted octanol–water partition coefficient (Wildman–Crippen LogP) is 0.496. The molecule has 84 valence electrons. The van der Waals surface area contributed by atoms with Gasteiger partial charge in [0.05, 0.1) is 11.6 Å². The standard InChI is InChI=1S/C10H9N7/c1-6-15-9(11)7-4-14-17(10(7)16-6)8-2-3-12-5-13-8/h2-5H,1H3,(H2,11,15,16). The third kappa shape index (κ3) is 1.48. The third-order valence-corrected chi connectivity index (χ3v) is 2.35. The van der Waals surface area contributed by atoms with E-state index in [2.05, 4.69) is 25.0 Å². The van der Waals surface area contributed by atoms with Crippen LogP contribution in [0.4, 0.5) is 5.82 Å². The highest BCUT2D eigenvalue weighted by Gasteiger charge is 2.10. The summed E-state index contributed by atoms with van der Waals surface area (Å²) in [6.45, 7) is 1.78. The zero-order valence-corrected chi connectivity index (χ0v) is 9.07. The van der Waals surface area contributed by atoms with E-state index in [0.717, 1.165) is 0 Å². The molecule has 0 spiro atoms. The van der Waals surface area contributed by atoms with Crippen LogP contribution in [0.25, 0.3) is 16.9 Å². The summed E-state index contributed by atoms with van der Waals surface area (Å²) in [7, 11) is 0. The van der Waals surface area contributed by atoms with Crippen LogP contribution in [0.2, 0.25) is 0 Å². The molecule has 0 aromatic carbocycles. The van der Waals surface area contributed by atoms with E-state index in [9.17, 15) is 0 Å². The average molecular weight is 227 g/mol. The lowest BCUT2D eigenvalue weighted by molar-refractivity contribution is 0.850. The smallest absolute Gasteiger partial charge is 0.170 e. The molecule has 3 aromatic heterocycles. The normalized spacial score (nSPS) is 10.9. The van der Waals surface area contributed by atoms with Gasteiger partial charge in [-0.05, 0) is 6.92 Å². The molecule has 0 radical (unpaired) electrons. The van der Waals surface area contributed by atoms with Crippen LogP contribution < -0.4 is 5.73 Å². The Balaban J connectivity index is 2.32. The van der Waals surface area contributed by atoms with Crippen molar-refractivity contribution >= 4 is 16.9 Å². The van der Waals surface area contributed by atoms with Gasteiger partial charge in [-0.1, -0.05) is 0 Å². The molecule has 0 aliphatic carbocycles. The summed E-state index contributed by atoms with van der Waals surface area (Å²) in [6, 6.07) is 1.75. The van der Waals surface area contributed by atoms with Crippen LogP contribution in [0.1, 0.15) is 5.82 Å². The van der Waals surface area contributed by atoms with Crippen molar-refractivity contribution in [3.63, 3.8) is 0 Å². The fourth-order valence-electron chi connectivity index (χ4n) is 1.62. The highest BCUT2D eigenvalue weighted by atomic mass is 15.3. The van der Waals surface area contributed by atoms with Gasteiger partial charge in [0.2, 0.25) is 0 Å². The van der Waals surface area contributed by atoms with Gasteiger partial charge in [-0.15, -0.1) is 0 Å². The molecule has 3 aromatic rings. The molecule has 0 aliphatic heterocycles. The topological polar surface area (TPSA) is 95.4 Å². The Morgan fingerprint density at radius 3 is 2.94 bits per heavy atom. The molecule has 17 heavy (non-hydrogen) atoms. The monoisotopic (exact) mass is 227 g/mol. The summed E-state index contributed by atoms with van der Waals surface area (Å²) in [5.41, 5.74) is 6.46. The van der Waals surface area contributed by atoms with Gasteiger partial charge in [-0.2, -0.15) is 9.78 Å². The SMILES string of the molecule is Cc1nc(N)c2cnn(-c3ccncn3)c2n1. The van der Waals surface area contributed by atoms with Gasteiger partial charge < -0.3 is 5.73 Å². The Bertz CT molecular complexity index is 674. The lowest BCUT2D eigenvalue weighted by atomic mass is 10.4. The van der Waals surface area contributed by atoms with Crippen LogP contribution in [0.15, 0.2) is 24.8 Å². The summed E-state index contributed by atoms with van der Waals surface area (Å²) in [6.07, 6.45) is 4.74. The molecule has 3 heterocycles. The van der Waals surface area contributed by atoms with Crippen LogP contribution in [-0.4, -0.2) is 29.7 Å². The minimum Gasteiger partial charge on any atom is -0.383 e. The Hall–Kier alpha value is -2.57. The van der Waals surface area contributed by atoms with Crippen LogP contribution >= 0.6 is 0 Å². The summed E-state index contributed by atoms with van der Waals surface area (Å²) in [5, 5.41) is 4.93. The van der Waals surface area contributed by atoms with Crippen molar-refractivity contribution in [2.24, 2.45) is 0 Å². The molecule has 0 saturated carbocycles. The molecule has 0 fully saturated rings. The first kappa shape index (κ1) is 9.64. The highest BCUT2D eigenvalue weighted by molar-refractivity contribution is 5.85. The lowest BCUT2D eigenvalue weighted by Gasteiger charge is -2.02. The number of aryl methyl sites for hydroxylation is 1. The minimum atomic E-state index is 0.424. The number of nitrogens with two attached hydrogens (primary N) is 1. The van der Waals surface area contributed by atoms with Crippen molar-refractivity contribution in [2.45, 2.75) is 6.92 Å². The second-order valence-corrected chi connectivity index (χ2v) is 3.52. The fourth-order valence-corrected chi connectivity index (χ4v) is 1.62. The molecule has 0 saturated heterocycles. The van der Waals surface area contributed by atoms with Gasteiger partial charge in [0.1, 0.15) is 18.0 Å². The highest BCUT2D eigenvalue weighted by Crippen LogP contribution is 2.19. The van der Waals surface area contributed by atoms with Crippen molar-refractivity contribution in [3.8, 4) is 5.82 Å². The molecule has 7 nitrogen and oxygen atoms in total. The zero-order valence-electron chi connectivity index (χ0n) is 9.07. The van der Waals surface area contributed by atoms with Gasteiger partial charge in [0, 0.05) is 12.3 Å². The maximum Gasteiger partial charge on any atom is 0.170 e. The first-order valence-corrected chi connectivity index (χ1v) is 5.00. The molecule has 2 N–H and O–H groups in total. The number of anilines is 1. The largest absolute Gasteiger partial charge is 0.383 e. The molecular weight excluding hydrogens is 218 g/mol. The number of hydrogen-bond acceptors (Lipinski definition) is 6.